The van der Waals surface area contributed by atoms with E-state index in [9.17, 15) is 4.79 Å². The van der Waals surface area contributed by atoms with Crippen LogP contribution in [0.1, 0.15) is 23.2 Å². The maximum atomic E-state index is 11.1. The van der Waals surface area contributed by atoms with Gasteiger partial charge in [0.15, 0.2) is 0 Å². The van der Waals surface area contributed by atoms with E-state index < -0.39 is 5.91 Å². The summed E-state index contributed by atoms with van der Waals surface area (Å²) in [6.45, 7) is 1.98. The van der Waals surface area contributed by atoms with Gasteiger partial charge in [0.25, 0.3) is 0 Å². The zero-order chi connectivity index (χ0) is 13.1. The van der Waals surface area contributed by atoms with Gasteiger partial charge in [-0.05, 0) is 38.1 Å². The van der Waals surface area contributed by atoms with Crippen LogP contribution in [-0.2, 0) is 0 Å². The fourth-order valence-corrected chi connectivity index (χ4v) is 2.77. The Hall–Kier alpha value is -1.26. The van der Waals surface area contributed by atoms with Crippen LogP contribution in [0.5, 0.6) is 0 Å². The maximum absolute atomic E-state index is 11.1. The fraction of sp³-hybridized carbons (Fsp3) is 0.462. The van der Waals surface area contributed by atoms with Gasteiger partial charge >= 0.3 is 0 Å². The van der Waals surface area contributed by atoms with Crippen LogP contribution in [0.3, 0.4) is 0 Å². The highest BCUT2D eigenvalue weighted by Crippen LogP contribution is 2.29. The molecule has 1 amide bonds. The van der Waals surface area contributed by atoms with Crippen LogP contribution in [0.2, 0.25) is 5.02 Å². The first-order valence-corrected chi connectivity index (χ1v) is 6.52. The number of rotatable bonds is 4. The van der Waals surface area contributed by atoms with E-state index in [4.69, 9.17) is 17.3 Å². The summed E-state index contributed by atoms with van der Waals surface area (Å²) < 4.78 is 0. The molecule has 0 aliphatic carbocycles. The second kappa shape index (κ2) is 5.59. The number of carbonyl (C=O) groups excluding carboxylic acids is 1. The third kappa shape index (κ3) is 2.60. The number of benzene rings is 1. The van der Waals surface area contributed by atoms with Crippen LogP contribution >= 0.6 is 11.6 Å². The van der Waals surface area contributed by atoms with Crippen molar-refractivity contribution in [2.75, 3.05) is 25.0 Å². The molecule has 1 aliphatic rings. The minimum atomic E-state index is -0.486. The second-order valence-corrected chi connectivity index (χ2v) is 4.98. The maximum Gasteiger partial charge on any atom is 0.250 e. The quantitative estimate of drug-likeness (QED) is 0.872. The van der Waals surface area contributed by atoms with E-state index in [1.807, 2.05) is 19.2 Å². The molecule has 5 heteroatoms. The molecule has 98 valence electrons. The lowest BCUT2D eigenvalue weighted by molar-refractivity contribution is 0.100. The molecular formula is C13H18ClN3O. The second-order valence-electron chi connectivity index (χ2n) is 4.58. The highest BCUT2D eigenvalue weighted by atomic mass is 35.5. The summed E-state index contributed by atoms with van der Waals surface area (Å²) in [7, 11) is 1.96. The summed E-state index contributed by atoms with van der Waals surface area (Å²) in [4.78, 5) is 13.5. The Morgan fingerprint density at radius 3 is 3.00 bits per heavy atom. The van der Waals surface area contributed by atoms with Crippen molar-refractivity contribution in [3.05, 3.63) is 28.8 Å². The standard InChI is InChI=1S/C13H18ClN3O/c1-16-8-10-3-2-6-17(10)9-4-5-11(13(15)18)12(14)7-9/h4-5,7,10,16H,2-3,6,8H2,1H3,(H2,15,18). The SMILES string of the molecule is CNCC1CCCN1c1ccc(C(N)=O)c(Cl)c1. The molecule has 1 fully saturated rings. The van der Waals surface area contributed by atoms with Crippen LogP contribution in [0.25, 0.3) is 0 Å². The Labute approximate surface area is 112 Å². The number of carbonyl (C=O) groups is 1. The van der Waals surface area contributed by atoms with E-state index in [0.29, 0.717) is 16.6 Å². The van der Waals surface area contributed by atoms with Gasteiger partial charge in [-0.1, -0.05) is 11.6 Å². The molecule has 0 bridgehead atoms. The average molecular weight is 268 g/mol. The molecule has 4 nitrogen and oxygen atoms in total. The van der Waals surface area contributed by atoms with E-state index in [2.05, 4.69) is 10.2 Å². The molecule has 1 unspecified atom stereocenters. The molecule has 2 rings (SSSR count). The van der Waals surface area contributed by atoms with E-state index in [0.717, 1.165) is 18.8 Å². The number of nitrogens with zero attached hydrogens (tertiary/aromatic N) is 1. The molecule has 18 heavy (non-hydrogen) atoms. The highest BCUT2D eigenvalue weighted by Gasteiger charge is 2.24. The minimum Gasteiger partial charge on any atom is -0.367 e. The fourth-order valence-electron chi connectivity index (χ4n) is 2.51. The number of amides is 1. The smallest absolute Gasteiger partial charge is 0.250 e. The van der Waals surface area contributed by atoms with Gasteiger partial charge in [-0.2, -0.15) is 0 Å². The molecule has 1 aromatic carbocycles. The van der Waals surface area contributed by atoms with Crippen LogP contribution in [-0.4, -0.2) is 32.1 Å². The molecule has 1 saturated heterocycles. The van der Waals surface area contributed by atoms with Crippen molar-refractivity contribution in [2.45, 2.75) is 18.9 Å². The number of nitrogens with one attached hydrogen (secondary N) is 1. The summed E-state index contributed by atoms with van der Waals surface area (Å²) in [6.07, 6.45) is 2.36. The van der Waals surface area contributed by atoms with Crippen molar-refractivity contribution in [1.82, 2.24) is 5.32 Å². The Bertz CT molecular complexity index is 450. The third-order valence-corrected chi connectivity index (χ3v) is 3.68. The number of primary amides is 1. The molecule has 0 saturated carbocycles. The van der Waals surface area contributed by atoms with Crippen molar-refractivity contribution in [2.24, 2.45) is 5.73 Å². The van der Waals surface area contributed by atoms with E-state index in [1.54, 1.807) is 6.07 Å². The monoisotopic (exact) mass is 267 g/mol. The lowest BCUT2D eigenvalue weighted by atomic mass is 10.1. The third-order valence-electron chi connectivity index (χ3n) is 3.37. The number of nitrogens with two attached hydrogens (primary N) is 1. The molecule has 0 aromatic heterocycles. The van der Waals surface area contributed by atoms with Gasteiger partial charge in [-0.15, -0.1) is 0 Å². The molecule has 3 N–H and O–H groups in total. The summed E-state index contributed by atoms with van der Waals surface area (Å²) in [6, 6.07) is 5.94. The van der Waals surface area contributed by atoms with Gasteiger partial charge in [-0.25, -0.2) is 0 Å². The molecule has 1 heterocycles. The molecule has 0 spiro atoms. The highest BCUT2D eigenvalue weighted by molar-refractivity contribution is 6.34. The van der Waals surface area contributed by atoms with Crippen LogP contribution < -0.4 is 16.0 Å². The van der Waals surface area contributed by atoms with Crippen molar-refractivity contribution < 1.29 is 4.79 Å². The molecule has 1 aliphatic heterocycles. The Balaban J connectivity index is 2.23. The molecule has 1 atom stereocenters. The molecule has 0 radical (unpaired) electrons. The number of anilines is 1. The van der Waals surface area contributed by atoms with Crippen molar-refractivity contribution >= 4 is 23.2 Å². The number of likely N-dealkylation sites (N-methyl/N-ethyl adjacent to an activating group) is 1. The summed E-state index contributed by atoms with van der Waals surface area (Å²) >= 11 is 6.08. The van der Waals surface area contributed by atoms with Gasteiger partial charge in [0, 0.05) is 24.8 Å². The first-order chi connectivity index (χ1) is 8.63. The van der Waals surface area contributed by atoms with Gasteiger partial charge in [0.2, 0.25) is 5.91 Å². The van der Waals surface area contributed by atoms with Crippen LogP contribution in [0, 0.1) is 0 Å². The van der Waals surface area contributed by atoms with Gasteiger partial charge in [-0.3, -0.25) is 4.79 Å². The zero-order valence-electron chi connectivity index (χ0n) is 10.4. The number of halogens is 1. The van der Waals surface area contributed by atoms with E-state index in [1.165, 1.54) is 12.8 Å². The van der Waals surface area contributed by atoms with E-state index in [-0.39, 0.29) is 0 Å². The number of hydrogen-bond acceptors (Lipinski definition) is 3. The molecule has 1 aromatic rings. The zero-order valence-corrected chi connectivity index (χ0v) is 11.2. The van der Waals surface area contributed by atoms with E-state index >= 15 is 0 Å². The van der Waals surface area contributed by atoms with Crippen LogP contribution in [0.15, 0.2) is 18.2 Å². The van der Waals surface area contributed by atoms with Crippen molar-refractivity contribution in [3.8, 4) is 0 Å². The summed E-state index contributed by atoms with van der Waals surface area (Å²) in [5.41, 5.74) is 6.68. The van der Waals surface area contributed by atoms with Gasteiger partial charge < -0.3 is 16.0 Å². The first kappa shape index (κ1) is 13.2. The Morgan fingerprint density at radius 1 is 1.61 bits per heavy atom. The minimum absolute atomic E-state index is 0.379. The number of hydrogen-bond donors (Lipinski definition) is 2. The van der Waals surface area contributed by atoms with Crippen LogP contribution in [0.4, 0.5) is 5.69 Å². The van der Waals surface area contributed by atoms with Gasteiger partial charge in [0.1, 0.15) is 0 Å². The Kier molecular flexibility index (Phi) is 4.09. The predicted molar refractivity (Wildman–Crippen MR) is 74.3 cm³/mol. The lowest BCUT2D eigenvalue weighted by Gasteiger charge is -2.27. The largest absolute Gasteiger partial charge is 0.367 e. The predicted octanol–water partition coefficient (Wildman–Crippen LogP) is 1.63. The normalized spacial score (nSPS) is 19.2. The Morgan fingerprint density at radius 2 is 2.39 bits per heavy atom. The topological polar surface area (TPSA) is 58.4 Å². The first-order valence-electron chi connectivity index (χ1n) is 6.14. The van der Waals surface area contributed by atoms with Crippen molar-refractivity contribution in [3.63, 3.8) is 0 Å². The molecular weight excluding hydrogens is 250 g/mol. The van der Waals surface area contributed by atoms with Gasteiger partial charge in [0.05, 0.1) is 10.6 Å². The van der Waals surface area contributed by atoms with Crippen molar-refractivity contribution in [1.29, 1.82) is 0 Å². The summed E-state index contributed by atoms with van der Waals surface area (Å²) in [5, 5.41) is 3.63. The lowest BCUT2D eigenvalue weighted by Crippen LogP contribution is -2.36. The average Bonchev–Trinajstić information content (AvgIpc) is 2.77. The summed E-state index contributed by atoms with van der Waals surface area (Å²) in [5.74, 6) is -0.486.